The summed E-state index contributed by atoms with van der Waals surface area (Å²) in [7, 11) is 0. The quantitative estimate of drug-likeness (QED) is 0.382. The number of carbonyl (C=O) groups is 4. The maximum absolute atomic E-state index is 12.5. The third-order valence-corrected chi connectivity index (χ3v) is 4.64. The highest BCUT2D eigenvalue weighted by Crippen LogP contribution is 2.33. The molecule has 0 aliphatic heterocycles. The molecule has 0 radical (unpaired) electrons. The molecule has 2 atom stereocenters. The third kappa shape index (κ3) is 10.5. The predicted octanol–water partition coefficient (Wildman–Crippen LogP) is 3.73. The lowest BCUT2D eigenvalue weighted by Crippen LogP contribution is -2.36. The fourth-order valence-electron chi connectivity index (χ4n) is 2.51. The lowest BCUT2D eigenvalue weighted by Gasteiger charge is -2.21. The molecule has 0 saturated carbocycles. The fraction of sp³-hybridized carbons (Fsp3) is 0.615. The topological polar surface area (TPSA) is 131 Å². The second-order valence-corrected chi connectivity index (χ2v) is 10.6. The van der Waals surface area contributed by atoms with Crippen LogP contribution in [0.2, 0.25) is 0 Å². The van der Waals surface area contributed by atoms with Crippen LogP contribution in [0, 0.1) is 10.8 Å². The van der Waals surface area contributed by atoms with E-state index in [0.29, 0.717) is 18.4 Å². The van der Waals surface area contributed by atoms with Crippen molar-refractivity contribution in [1.29, 1.82) is 0 Å². The highest BCUT2D eigenvalue weighted by Gasteiger charge is 2.28. The maximum Gasteiger partial charge on any atom is 0.323 e. The van der Waals surface area contributed by atoms with Crippen molar-refractivity contribution in [1.82, 2.24) is 0 Å². The summed E-state index contributed by atoms with van der Waals surface area (Å²) in [4.78, 5) is 48.7. The first-order valence-electron chi connectivity index (χ1n) is 11.7. The third-order valence-electron chi connectivity index (χ3n) is 4.64. The Morgan fingerprint density at radius 2 is 1.46 bits per heavy atom. The van der Waals surface area contributed by atoms with Crippen molar-refractivity contribution >= 4 is 23.9 Å². The van der Waals surface area contributed by atoms with E-state index in [1.54, 1.807) is 54.5 Å². The second-order valence-electron chi connectivity index (χ2n) is 10.6. The largest absolute Gasteiger partial charge is 0.461 e. The van der Waals surface area contributed by atoms with Gasteiger partial charge in [0.25, 0.3) is 0 Å². The molecule has 196 valence electrons. The minimum atomic E-state index is -1.01. The molecule has 0 aliphatic rings. The summed E-state index contributed by atoms with van der Waals surface area (Å²) in [6, 6.07) is 3.62. The first kappa shape index (κ1) is 30.1. The van der Waals surface area contributed by atoms with Gasteiger partial charge in [-0.05, 0) is 79.0 Å². The zero-order chi connectivity index (χ0) is 27.0. The summed E-state index contributed by atoms with van der Waals surface area (Å²) in [6.07, 6.45) is 0.444. The van der Waals surface area contributed by atoms with Crippen molar-refractivity contribution in [3.63, 3.8) is 0 Å². The van der Waals surface area contributed by atoms with Crippen LogP contribution in [-0.2, 0) is 35.1 Å². The number of rotatable bonds is 10. The predicted molar refractivity (Wildman–Crippen MR) is 130 cm³/mol. The van der Waals surface area contributed by atoms with E-state index in [9.17, 15) is 19.2 Å². The monoisotopic (exact) mass is 493 g/mol. The molecule has 0 heterocycles. The van der Waals surface area contributed by atoms with Gasteiger partial charge >= 0.3 is 23.9 Å². The van der Waals surface area contributed by atoms with Crippen LogP contribution >= 0.6 is 0 Å². The molecule has 0 fully saturated rings. The Hall–Kier alpha value is -2.94. The molecule has 0 amide bonds. The van der Waals surface area contributed by atoms with Crippen LogP contribution < -0.4 is 15.2 Å². The summed E-state index contributed by atoms with van der Waals surface area (Å²) in [6.45, 7) is 13.6. The molecule has 1 aromatic rings. The van der Waals surface area contributed by atoms with Gasteiger partial charge in [0.05, 0.1) is 10.8 Å². The number of hydrogen-bond donors (Lipinski definition) is 1. The van der Waals surface area contributed by atoms with Gasteiger partial charge in [-0.2, -0.15) is 0 Å². The molecule has 2 N–H and O–H groups in total. The summed E-state index contributed by atoms with van der Waals surface area (Å²) in [5.74, 6) is -1.89. The fourth-order valence-corrected chi connectivity index (χ4v) is 2.51. The van der Waals surface area contributed by atoms with E-state index in [-0.39, 0.29) is 30.5 Å². The highest BCUT2D eigenvalue weighted by molar-refractivity contribution is 5.81. The standard InChI is InChI=1S/C26H39NO8/c1-9-10-21(28)33-16(2)15-32-22(29)18(27)13-17-11-12-19(34-23(30)25(3,4)5)20(14-17)35-24(31)26(6,7)8/h11-12,14,16,18H,9-10,13,15,27H2,1-8H3/t16-,18-/m0/s1. The zero-order valence-electron chi connectivity index (χ0n) is 22.1. The van der Waals surface area contributed by atoms with Crippen LogP contribution in [-0.4, -0.2) is 42.6 Å². The van der Waals surface area contributed by atoms with Crippen molar-refractivity contribution in [2.75, 3.05) is 6.61 Å². The Bertz CT molecular complexity index is 911. The summed E-state index contributed by atoms with van der Waals surface area (Å²) < 4.78 is 21.3. The minimum absolute atomic E-state index is 0.0528. The van der Waals surface area contributed by atoms with Crippen LogP contribution in [0.5, 0.6) is 11.5 Å². The Balaban J connectivity index is 2.94. The molecule has 1 rings (SSSR count). The van der Waals surface area contributed by atoms with Gasteiger partial charge in [0.2, 0.25) is 0 Å². The summed E-state index contributed by atoms with van der Waals surface area (Å²) in [5, 5.41) is 0. The summed E-state index contributed by atoms with van der Waals surface area (Å²) >= 11 is 0. The SMILES string of the molecule is CCCC(=O)O[C@@H](C)COC(=O)[C@@H](N)Cc1ccc(OC(=O)C(C)(C)C)c(OC(=O)C(C)(C)C)c1. The number of carbonyl (C=O) groups excluding carboxylic acids is 4. The van der Waals surface area contributed by atoms with Crippen molar-refractivity contribution < 1.29 is 38.1 Å². The zero-order valence-corrected chi connectivity index (χ0v) is 22.1. The van der Waals surface area contributed by atoms with Gasteiger partial charge in [0.15, 0.2) is 11.5 Å². The van der Waals surface area contributed by atoms with E-state index in [4.69, 9.17) is 24.7 Å². The number of ether oxygens (including phenoxy) is 4. The first-order valence-corrected chi connectivity index (χ1v) is 11.7. The van der Waals surface area contributed by atoms with Crippen molar-refractivity contribution in [2.24, 2.45) is 16.6 Å². The number of esters is 4. The Morgan fingerprint density at radius 1 is 0.914 bits per heavy atom. The van der Waals surface area contributed by atoms with Crippen LogP contribution in [0.3, 0.4) is 0 Å². The van der Waals surface area contributed by atoms with Gasteiger partial charge in [0.1, 0.15) is 18.8 Å². The van der Waals surface area contributed by atoms with Crippen molar-refractivity contribution in [2.45, 2.75) is 86.8 Å². The average molecular weight is 494 g/mol. The van der Waals surface area contributed by atoms with Gasteiger partial charge in [0, 0.05) is 6.42 Å². The van der Waals surface area contributed by atoms with Crippen LogP contribution in [0.15, 0.2) is 18.2 Å². The smallest absolute Gasteiger partial charge is 0.323 e. The van der Waals surface area contributed by atoms with Gasteiger partial charge in [-0.15, -0.1) is 0 Å². The molecule has 0 spiro atoms. The highest BCUT2D eigenvalue weighted by atomic mass is 16.6. The Morgan fingerprint density at radius 3 is 1.97 bits per heavy atom. The average Bonchev–Trinajstić information content (AvgIpc) is 2.72. The van der Waals surface area contributed by atoms with Gasteiger partial charge in [-0.1, -0.05) is 13.0 Å². The van der Waals surface area contributed by atoms with E-state index in [1.165, 1.54) is 12.1 Å². The molecule has 0 unspecified atom stereocenters. The normalized spacial score (nSPS) is 13.4. The van der Waals surface area contributed by atoms with Gasteiger partial charge in [-0.25, -0.2) is 0 Å². The van der Waals surface area contributed by atoms with E-state index in [1.807, 2.05) is 6.92 Å². The van der Waals surface area contributed by atoms with E-state index < -0.39 is 40.9 Å². The number of benzene rings is 1. The number of nitrogens with two attached hydrogens (primary N) is 1. The Labute approximate surface area is 207 Å². The second kappa shape index (κ2) is 12.7. The van der Waals surface area contributed by atoms with Crippen molar-refractivity contribution in [3.05, 3.63) is 23.8 Å². The first-order chi connectivity index (χ1) is 16.0. The van der Waals surface area contributed by atoms with Crippen LogP contribution in [0.4, 0.5) is 0 Å². The van der Waals surface area contributed by atoms with Gasteiger partial charge < -0.3 is 24.7 Å². The molecule has 9 heteroatoms. The van der Waals surface area contributed by atoms with Gasteiger partial charge in [-0.3, -0.25) is 19.2 Å². The summed E-state index contributed by atoms with van der Waals surface area (Å²) in [5.41, 5.74) is 5.02. The Kier molecular flexibility index (Phi) is 10.9. The molecule has 9 nitrogen and oxygen atoms in total. The van der Waals surface area contributed by atoms with E-state index >= 15 is 0 Å². The molecular formula is C26H39NO8. The molecule has 35 heavy (non-hydrogen) atoms. The minimum Gasteiger partial charge on any atom is -0.461 e. The lowest BCUT2D eigenvalue weighted by molar-refractivity contribution is -0.158. The molecule has 0 aliphatic carbocycles. The number of hydrogen-bond acceptors (Lipinski definition) is 9. The molecular weight excluding hydrogens is 454 g/mol. The molecule has 0 aromatic heterocycles. The maximum atomic E-state index is 12.5. The lowest BCUT2D eigenvalue weighted by atomic mass is 9.97. The van der Waals surface area contributed by atoms with E-state index in [0.717, 1.165) is 0 Å². The molecule has 1 aromatic carbocycles. The molecule has 0 saturated heterocycles. The van der Waals surface area contributed by atoms with Crippen LogP contribution in [0.25, 0.3) is 0 Å². The van der Waals surface area contributed by atoms with Crippen LogP contribution in [0.1, 0.15) is 73.8 Å². The van der Waals surface area contributed by atoms with E-state index in [2.05, 4.69) is 0 Å². The van der Waals surface area contributed by atoms with Crippen molar-refractivity contribution in [3.8, 4) is 11.5 Å². The molecule has 0 bridgehead atoms.